The van der Waals surface area contributed by atoms with E-state index in [1.807, 2.05) is 32.0 Å². The zero-order valence-corrected chi connectivity index (χ0v) is 12.2. The van der Waals surface area contributed by atoms with Crippen molar-refractivity contribution >= 4 is 17.5 Å². The lowest BCUT2D eigenvalue weighted by atomic mass is 10.1. The summed E-state index contributed by atoms with van der Waals surface area (Å²) in [5, 5.41) is 18.9. The molecule has 0 aliphatic carbocycles. The third kappa shape index (κ3) is 3.33. The molecule has 0 atom stereocenters. The molecule has 0 saturated heterocycles. The van der Waals surface area contributed by atoms with E-state index in [0.29, 0.717) is 0 Å². The van der Waals surface area contributed by atoms with Gasteiger partial charge in [-0.05, 0) is 37.6 Å². The zero-order chi connectivity index (χ0) is 14.7. The number of aromatic hydroxyl groups is 2. The van der Waals surface area contributed by atoms with Crippen molar-refractivity contribution in [2.24, 2.45) is 0 Å². The minimum absolute atomic E-state index is 0.0544. The van der Waals surface area contributed by atoms with Crippen LogP contribution in [0.1, 0.15) is 21.5 Å². The zero-order valence-electron chi connectivity index (χ0n) is 11.4. The SMILES string of the molecule is Cc1ccc(C)c(SCC(=O)c2ccc(O)cc2O)c1. The Morgan fingerprint density at radius 2 is 1.85 bits per heavy atom. The second-order valence-corrected chi connectivity index (χ2v) is 5.70. The molecule has 3 nitrogen and oxygen atoms in total. The number of benzene rings is 2. The Morgan fingerprint density at radius 3 is 2.55 bits per heavy atom. The van der Waals surface area contributed by atoms with E-state index >= 15 is 0 Å². The van der Waals surface area contributed by atoms with Gasteiger partial charge in [-0.15, -0.1) is 11.8 Å². The number of phenolic OH excluding ortho intramolecular Hbond substituents is 2. The summed E-state index contributed by atoms with van der Waals surface area (Å²) in [6, 6.07) is 10.1. The highest BCUT2D eigenvalue weighted by molar-refractivity contribution is 8.00. The fourth-order valence-electron chi connectivity index (χ4n) is 1.84. The summed E-state index contributed by atoms with van der Waals surface area (Å²) in [6.45, 7) is 4.02. The van der Waals surface area contributed by atoms with Crippen molar-refractivity contribution in [2.75, 3.05) is 5.75 Å². The molecule has 0 aliphatic heterocycles. The topological polar surface area (TPSA) is 57.5 Å². The van der Waals surface area contributed by atoms with Gasteiger partial charge in [0.15, 0.2) is 5.78 Å². The summed E-state index contributed by atoms with van der Waals surface area (Å²) in [5.74, 6) is -0.144. The van der Waals surface area contributed by atoms with E-state index in [1.54, 1.807) is 0 Å². The first-order chi connectivity index (χ1) is 9.47. The third-order valence-electron chi connectivity index (χ3n) is 2.98. The summed E-state index contributed by atoms with van der Waals surface area (Å²) in [5.41, 5.74) is 2.52. The molecule has 0 radical (unpaired) electrons. The van der Waals surface area contributed by atoms with E-state index in [-0.39, 0.29) is 28.6 Å². The van der Waals surface area contributed by atoms with E-state index in [0.717, 1.165) is 16.0 Å². The molecule has 2 rings (SSSR count). The number of ketones is 1. The predicted octanol–water partition coefficient (Wildman–Crippen LogP) is 3.69. The number of hydrogen-bond acceptors (Lipinski definition) is 4. The maximum absolute atomic E-state index is 12.1. The Labute approximate surface area is 122 Å². The first-order valence-corrected chi connectivity index (χ1v) is 7.21. The Kier molecular flexibility index (Phi) is 4.35. The number of carbonyl (C=O) groups is 1. The van der Waals surface area contributed by atoms with Crippen molar-refractivity contribution < 1.29 is 15.0 Å². The highest BCUT2D eigenvalue weighted by atomic mass is 32.2. The molecule has 4 heteroatoms. The van der Waals surface area contributed by atoms with E-state index in [4.69, 9.17) is 0 Å². The Balaban J connectivity index is 2.10. The number of aryl methyl sites for hydroxylation is 2. The fraction of sp³-hybridized carbons (Fsp3) is 0.188. The van der Waals surface area contributed by atoms with Gasteiger partial charge in [0.1, 0.15) is 11.5 Å². The quantitative estimate of drug-likeness (QED) is 0.665. The molecule has 0 saturated carbocycles. The van der Waals surface area contributed by atoms with Crippen molar-refractivity contribution in [3.63, 3.8) is 0 Å². The fourth-order valence-corrected chi connectivity index (χ4v) is 2.85. The molecule has 0 aromatic heterocycles. The van der Waals surface area contributed by atoms with Crippen molar-refractivity contribution in [1.82, 2.24) is 0 Å². The van der Waals surface area contributed by atoms with Gasteiger partial charge < -0.3 is 10.2 Å². The van der Waals surface area contributed by atoms with Crippen LogP contribution in [-0.4, -0.2) is 21.7 Å². The monoisotopic (exact) mass is 288 g/mol. The van der Waals surface area contributed by atoms with Crippen LogP contribution in [0.3, 0.4) is 0 Å². The summed E-state index contributed by atoms with van der Waals surface area (Å²) in [7, 11) is 0. The lowest BCUT2D eigenvalue weighted by Crippen LogP contribution is -2.03. The van der Waals surface area contributed by atoms with Crippen LogP contribution < -0.4 is 0 Å². The van der Waals surface area contributed by atoms with Gasteiger partial charge in [-0.2, -0.15) is 0 Å². The van der Waals surface area contributed by atoms with Gasteiger partial charge in [-0.3, -0.25) is 4.79 Å². The minimum Gasteiger partial charge on any atom is -0.508 e. The average molecular weight is 288 g/mol. The van der Waals surface area contributed by atoms with Crippen molar-refractivity contribution in [3.05, 3.63) is 53.1 Å². The second kappa shape index (κ2) is 6.01. The largest absolute Gasteiger partial charge is 0.508 e. The molecule has 0 spiro atoms. The van der Waals surface area contributed by atoms with Crippen molar-refractivity contribution in [1.29, 1.82) is 0 Å². The van der Waals surface area contributed by atoms with Crippen LogP contribution in [-0.2, 0) is 0 Å². The maximum atomic E-state index is 12.1. The highest BCUT2D eigenvalue weighted by Crippen LogP contribution is 2.27. The van der Waals surface area contributed by atoms with Gasteiger partial charge in [0.25, 0.3) is 0 Å². The van der Waals surface area contributed by atoms with Gasteiger partial charge in [-0.1, -0.05) is 17.7 Å². The van der Waals surface area contributed by atoms with Crippen LogP contribution in [0.4, 0.5) is 0 Å². The molecular weight excluding hydrogens is 272 g/mol. The maximum Gasteiger partial charge on any atom is 0.176 e. The van der Waals surface area contributed by atoms with E-state index < -0.39 is 0 Å². The number of Topliss-reactive ketones (excluding diaryl/α,β-unsaturated/α-hetero) is 1. The molecule has 0 fully saturated rings. The van der Waals surface area contributed by atoms with E-state index in [1.165, 1.54) is 30.0 Å². The molecule has 2 aromatic rings. The first-order valence-electron chi connectivity index (χ1n) is 6.22. The van der Waals surface area contributed by atoms with E-state index in [9.17, 15) is 15.0 Å². The standard InChI is InChI=1S/C16H16O3S/c1-10-3-4-11(2)16(7-10)20-9-15(19)13-6-5-12(17)8-14(13)18/h3-8,17-18H,9H2,1-2H3. The minimum atomic E-state index is -0.184. The smallest absolute Gasteiger partial charge is 0.176 e. The van der Waals surface area contributed by atoms with Crippen molar-refractivity contribution in [2.45, 2.75) is 18.7 Å². The number of phenols is 2. The summed E-state index contributed by atoms with van der Waals surface area (Å²) in [6.07, 6.45) is 0. The molecule has 0 amide bonds. The molecular formula is C16H16O3S. The van der Waals surface area contributed by atoms with Gasteiger partial charge in [0.2, 0.25) is 0 Å². The van der Waals surface area contributed by atoms with Crippen LogP contribution in [0.2, 0.25) is 0 Å². The second-order valence-electron chi connectivity index (χ2n) is 4.68. The summed E-state index contributed by atoms with van der Waals surface area (Å²) >= 11 is 1.45. The van der Waals surface area contributed by atoms with Crippen LogP contribution in [0.5, 0.6) is 11.5 Å². The molecule has 0 bridgehead atoms. The molecule has 0 aliphatic rings. The Morgan fingerprint density at radius 1 is 1.10 bits per heavy atom. The Bertz CT molecular complexity index is 650. The molecule has 0 unspecified atom stereocenters. The third-order valence-corrected chi connectivity index (χ3v) is 4.14. The van der Waals surface area contributed by atoms with Crippen LogP contribution in [0.15, 0.2) is 41.3 Å². The normalized spacial score (nSPS) is 10.5. The molecule has 2 N–H and O–H groups in total. The van der Waals surface area contributed by atoms with Gasteiger partial charge in [-0.25, -0.2) is 0 Å². The lowest BCUT2D eigenvalue weighted by Gasteiger charge is -2.07. The number of hydrogen-bond donors (Lipinski definition) is 2. The number of thioether (sulfide) groups is 1. The van der Waals surface area contributed by atoms with Crippen LogP contribution >= 0.6 is 11.8 Å². The van der Waals surface area contributed by atoms with E-state index in [2.05, 4.69) is 0 Å². The predicted molar refractivity (Wildman–Crippen MR) is 80.7 cm³/mol. The average Bonchev–Trinajstić information content (AvgIpc) is 2.39. The van der Waals surface area contributed by atoms with Gasteiger partial charge in [0, 0.05) is 11.0 Å². The van der Waals surface area contributed by atoms with Crippen molar-refractivity contribution in [3.8, 4) is 11.5 Å². The van der Waals surface area contributed by atoms with Gasteiger partial charge in [0.05, 0.1) is 11.3 Å². The number of carbonyl (C=O) groups excluding carboxylic acids is 1. The van der Waals surface area contributed by atoms with Crippen LogP contribution in [0.25, 0.3) is 0 Å². The summed E-state index contributed by atoms with van der Waals surface area (Å²) in [4.78, 5) is 13.2. The molecule has 104 valence electrons. The first kappa shape index (κ1) is 14.5. The highest BCUT2D eigenvalue weighted by Gasteiger charge is 2.12. The molecule has 0 heterocycles. The van der Waals surface area contributed by atoms with Crippen LogP contribution in [0, 0.1) is 13.8 Å². The number of rotatable bonds is 4. The Hall–Kier alpha value is -1.94. The molecule has 20 heavy (non-hydrogen) atoms. The lowest BCUT2D eigenvalue weighted by molar-refractivity contribution is 0.102. The van der Waals surface area contributed by atoms with Gasteiger partial charge >= 0.3 is 0 Å². The summed E-state index contributed by atoms with van der Waals surface area (Å²) < 4.78 is 0. The molecule has 2 aromatic carbocycles.